The van der Waals surface area contributed by atoms with E-state index in [-0.39, 0.29) is 11.8 Å². The highest BCUT2D eigenvalue weighted by atomic mass is 16.5. The molecule has 0 bridgehead atoms. The summed E-state index contributed by atoms with van der Waals surface area (Å²) >= 11 is 0. The highest BCUT2D eigenvalue weighted by Gasteiger charge is 2.55. The van der Waals surface area contributed by atoms with Crippen molar-refractivity contribution in [1.29, 1.82) is 0 Å². The van der Waals surface area contributed by atoms with Gasteiger partial charge in [0, 0.05) is 19.2 Å². The average Bonchev–Trinajstić information content (AvgIpc) is 3.24. The Morgan fingerprint density at radius 2 is 1.80 bits per heavy atom. The Labute approximate surface area is 177 Å². The van der Waals surface area contributed by atoms with Gasteiger partial charge in [0.25, 0.3) is 5.91 Å². The summed E-state index contributed by atoms with van der Waals surface area (Å²) < 4.78 is 10.7. The van der Waals surface area contributed by atoms with Crippen LogP contribution < -0.4 is 10.1 Å². The maximum absolute atomic E-state index is 13.7. The lowest BCUT2D eigenvalue weighted by atomic mass is 9.71. The summed E-state index contributed by atoms with van der Waals surface area (Å²) in [6, 6.07) is 14.9. The van der Waals surface area contributed by atoms with Crippen molar-refractivity contribution in [1.82, 2.24) is 4.90 Å². The monoisotopic (exact) mass is 408 g/mol. The molecule has 2 aliphatic rings. The second-order valence-electron chi connectivity index (χ2n) is 7.97. The first-order valence-electron chi connectivity index (χ1n) is 10.5. The molecule has 6 nitrogen and oxygen atoms in total. The topological polar surface area (TPSA) is 67.9 Å². The third kappa shape index (κ3) is 3.35. The van der Waals surface area contributed by atoms with E-state index in [9.17, 15) is 9.59 Å². The quantitative estimate of drug-likeness (QED) is 0.789. The molecule has 0 aromatic heterocycles. The Kier molecular flexibility index (Phi) is 5.77. The number of methoxy groups -OCH3 is 2. The second-order valence-corrected chi connectivity index (χ2v) is 7.97. The molecule has 2 amide bonds. The van der Waals surface area contributed by atoms with Crippen LogP contribution in [0.15, 0.2) is 48.5 Å². The fourth-order valence-corrected chi connectivity index (χ4v) is 5.13. The van der Waals surface area contributed by atoms with Gasteiger partial charge in [-0.2, -0.15) is 0 Å². The minimum atomic E-state index is -0.532. The minimum absolute atomic E-state index is 0.00843. The first-order valence-corrected chi connectivity index (χ1v) is 10.5. The minimum Gasteiger partial charge on any atom is -0.495 e. The van der Waals surface area contributed by atoms with Crippen LogP contribution in [0.1, 0.15) is 47.5 Å². The zero-order chi connectivity index (χ0) is 21.1. The van der Waals surface area contributed by atoms with Crippen molar-refractivity contribution in [2.24, 2.45) is 0 Å². The number of fused-ring (bicyclic) bond motifs is 1. The van der Waals surface area contributed by atoms with Gasteiger partial charge in [0.15, 0.2) is 0 Å². The van der Waals surface area contributed by atoms with Crippen molar-refractivity contribution < 1.29 is 19.1 Å². The standard InChI is InChI=1S/C24H28N2O4/c1-29-16-15-26-23(28)18-10-4-3-9-17(18)21(24(26)13-7-8-14-24)22(27)25-19-11-5-6-12-20(19)30-2/h3-6,9-12,21H,7-8,13-16H2,1-2H3,(H,25,27)/t21-/m0/s1. The molecular weight excluding hydrogens is 380 g/mol. The molecule has 0 unspecified atom stereocenters. The number of carbonyl (C=O) groups is 2. The molecular formula is C24H28N2O4. The van der Waals surface area contributed by atoms with Gasteiger partial charge in [0.05, 0.1) is 30.9 Å². The molecule has 1 spiro atoms. The van der Waals surface area contributed by atoms with Crippen LogP contribution in [0, 0.1) is 0 Å². The lowest BCUT2D eigenvalue weighted by Crippen LogP contribution is -2.60. The van der Waals surface area contributed by atoms with Crippen LogP contribution in [0.2, 0.25) is 0 Å². The van der Waals surface area contributed by atoms with Crippen LogP contribution in [0.4, 0.5) is 5.69 Å². The number of benzene rings is 2. The second kappa shape index (κ2) is 8.48. The number of ether oxygens (including phenoxy) is 2. The van der Waals surface area contributed by atoms with E-state index >= 15 is 0 Å². The number of rotatable bonds is 6. The van der Waals surface area contributed by atoms with Crippen molar-refractivity contribution >= 4 is 17.5 Å². The SMILES string of the molecule is COCCN1C(=O)c2ccccc2[C@@H](C(=O)Nc2ccccc2OC)C12CCCC2. The van der Waals surface area contributed by atoms with E-state index in [0.29, 0.717) is 30.2 Å². The molecule has 1 saturated carbocycles. The molecule has 1 aliphatic carbocycles. The molecule has 1 atom stereocenters. The summed E-state index contributed by atoms with van der Waals surface area (Å²) in [4.78, 5) is 29.1. The number of nitrogens with one attached hydrogen (secondary N) is 1. The van der Waals surface area contributed by atoms with Gasteiger partial charge in [0.2, 0.25) is 5.91 Å². The summed E-state index contributed by atoms with van der Waals surface area (Å²) in [5.41, 5.74) is 1.52. The molecule has 4 rings (SSSR count). The predicted molar refractivity (Wildman–Crippen MR) is 115 cm³/mol. The van der Waals surface area contributed by atoms with Crippen molar-refractivity contribution in [2.45, 2.75) is 37.1 Å². The normalized spacial score (nSPS) is 19.6. The molecule has 30 heavy (non-hydrogen) atoms. The Bertz CT molecular complexity index is 936. The molecule has 0 saturated heterocycles. The number of hydrogen-bond donors (Lipinski definition) is 1. The van der Waals surface area contributed by atoms with E-state index in [2.05, 4.69) is 5.32 Å². The summed E-state index contributed by atoms with van der Waals surface area (Å²) in [6.07, 6.45) is 3.61. The van der Waals surface area contributed by atoms with Crippen molar-refractivity contribution in [2.75, 3.05) is 32.7 Å². The van der Waals surface area contributed by atoms with Gasteiger partial charge in [-0.1, -0.05) is 43.2 Å². The van der Waals surface area contributed by atoms with Gasteiger partial charge >= 0.3 is 0 Å². The Morgan fingerprint density at radius 1 is 1.10 bits per heavy atom. The highest BCUT2D eigenvalue weighted by Crippen LogP contribution is 2.50. The summed E-state index contributed by atoms with van der Waals surface area (Å²) in [7, 11) is 3.22. The third-order valence-electron chi connectivity index (χ3n) is 6.44. The zero-order valence-corrected chi connectivity index (χ0v) is 17.5. The first kappa shape index (κ1) is 20.4. The molecule has 158 valence electrons. The number of nitrogens with zero attached hydrogens (tertiary/aromatic N) is 1. The summed E-state index contributed by atoms with van der Waals surface area (Å²) in [5, 5.41) is 3.08. The van der Waals surface area contributed by atoms with Crippen LogP contribution in [0.25, 0.3) is 0 Å². The van der Waals surface area contributed by atoms with Gasteiger partial charge in [-0.05, 0) is 36.6 Å². The van der Waals surface area contributed by atoms with Gasteiger partial charge < -0.3 is 19.7 Å². The van der Waals surface area contributed by atoms with Crippen LogP contribution in [0.3, 0.4) is 0 Å². The van der Waals surface area contributed by atoms with Gasteiger partial charge in [-0.3, -0.25) is 9.59 Å². The van der Waals surface area contributed by atoms with E-state index < -0.39 is 11.5 Å². The molecule has 6 heteroatoms. The molecule has 1 fully saturated rings. The molecule has 2 aromatic rings. The van der Waals surface area contributed by atoms with E-state index in [1.807, 2.05) is 53.4 Å². The highest BCUT2D eigenvalue weighted by molar-refractivity contribution is 6.05. The van der Waals surface area contributed by atoms with E-state index in [1.54, 1.807) is 14.2 Å². The van der Waals surface area contributed by atoms with Crippen LogP contribution in [-0.2, 0) is 9.53 Å². The predicted octanol–water partition coefficient (Wildman–Crippen LogP) is 3.83. The van der Waals surface area contributed by atoms with Crippen molar-refractivity contribution in [3.63, 3.8) is 0 Å². The Balaban J connectivity index is 1.79. The third-order valence-corrected chi connectivity index (χ3v) is 6.44. The van der Waals surface area contributed by atoms with Crippen LogP contribution in [-0.4, -0.2) is 49.6 Å². The van der Waals surface area contributed by atoms with Gasteiger partial charge in [-0.25, -0.2) is 0 Å². The fraction of sp³-hybridized carbons (Fsp3) is 0.417. The van der Waals surface area contributed by atoms with E-state index in [0.717, 1.165) is 31.2 Å². The number of carbonyl (C=O) groups excluding carboxylic acids is 2. The smallest absolute Gasteiger partial charge is 0.254 e. The number of para-hydroxylation sites is 2. The average molecular weight is 408 g/mol. The Morgan fingerprint density at radius 3 is 2.53 bits per heavy atom. The van der Waals surface area contributed by atoms with Crippen LogP contribution in [0.5, 0.6) is 5.75 Å². The van der Waals surface area contributed by atoms with Crippen molar-refractivity contribution in [3.8, 4) is 5.75 Å². The van der Waals surface area contributed by atoms with Gasteiger partial charge in [0.1, 0.15) is 5.75 Å². The molecule has 1 heterocycles. The van der Waals surface area contributed by atoms with E-state index in [1.165, 1.54) is 0 Å². The zero-order valence-electron chi connectivity index (χ0n) is 17.5. The summed E-state index contributed by atoms with van der Waals surface area (Å²) in [6.45, 7) is 0.915. The van der Waals surface area contributed by atoms with Crippen molar-refractivity contribution in [3.05, 3.63) is 59.7 Å². The van der Waals surface area contributed by atoms with Crippen LogP contribution >= 0.6 is 0 Å². The lowest BCUT2D eigenvalue weighted by Gasteiger charge is -2.50. The molecule has 1 aliphatic heterocycles. The fourth-order valence-electron chi connectivity index (χ4n) is 5.13. The van der Waals surface area contributed by atoms with E-state index in [4.69, 9.17) is 9.47 Å². The number of amides is 2. The molecule has 0 radical (unpaired) electrons. The molecule has 1 N–H and O–H groups in total. The largest absolute Gasteiger partial charge is 0.495 e. The number of anilines is 1. The number of hydrogen-bond acceptors (Lipinski definition) is 4. The summed E-state index contributed by atoms with van der Waals surface area (Å²) in [5.74, 6) is 0.0491. The lowest BCUT2D eigenvalue weighted by molar-refractivity contribution is -0.121. The van der Waals surface area contributed by atoms with Gasteiger partial charge in [-0.15, -0.1) is 0 Å². The Hall–Kier alpha value is -2.86. The maximum Gasteiger partial charge on any atom is 0.254 e. The molecule has 2 aromatic carbocycles. The first-order chi connectivity index (χ1) is 14.6. The maximum atomic E-state index is 13.7.